The van der Waals surface area contributed by atoms with Gasteiger partial charge in [0.25, 0.3) is 0 Å². The minimum absolute atomic E-state index is 0.487. The van der Waals surface area contributed by atoms with Gasteiger partial charge in [-0.05, 0) is 24.9 Å². The molecule has 1 aromatic carbocycles. The second kappa shape index (κ2) is 5.16. The van der Waals surface area contributed by atoms with E-state index in [0.717, 1.165) is 6.54 Å². The van der Waals surface area contributed by atoms with Crippen molar-refractivity contribution in [3.8, 4) is 0 Å². The second-order valence-corrected chi connectivity index (χ2v) is 4.19. The first kappa shape index (κ1) is 11.3. The molecule has 0 fully saturated rings. The molecule has 0 aliphatic heterocycles. The summed E-state index contributed by atoms with van der Waals surface area (Å²) >= 11 is 0. The number of nitrogens with one attached hydrogen (secondary N) is 1. The Kier molecular flexibility index (Phi) is 4.15. The molecule has 0 saturated carbocycles. The fourth-order valence-electron chi connectivity index (χ4n) is 1.73. The highest BCUT2D eigenvalue weighted by atomic mass is 14.9. The molecule has 0 heterocycles. The molecule has 0 amide bonds. The Balaban J connectivity index is 2.82. The summed E-state index contributed by atoms with van der Waals surface area (Å²) < 4.78 is 0. The van der Waals surface area contributed by atoms with E-state index in [-0.39, 0.29) is 0 Å². The lowest BCUT2D eigenvalue weighted by atomic mass is 9.95. The van der Waals surface area contributed by atoms with Crippen LogP contribution in [0.25, 0.3) is 0 Å². The highest BCUT2D eigenvalue weighted by molar-refractivity contribution is 5.24. The smallest absolute Gasteiger partial charge is 0.0343 e. The van der Waals surface area contributed by atoms with E-state index in [2.05, 4.69) is 57.3 Å². The molecule has 0 saturated heterocycles. The molecule has 0 aliphatic rings. The van der Waals surface area contributed by atoms with Gasteiger partial charge in [0, 0.05) is 6.04 Å². The summed E-state index contributed by atoms with van der Waals surface area (Å²) in [6, 6.07) is 9.30. The third kappa shape index (κ3) is 2.85. The number of benzene rings is 1. The molecule has 14 heavy (non-hydrogen) atoms. The van der Waals surface area contributed by atoms with Crippen LogP contribution in [-0.4, -0.2) is 6.54 Å². The largest absolute Gasteiger partial charge is 0.310 e. The van der Waals surface area contributed by atoms with Gasteiger partial charge in [-0.3, -0.25) is 0 Å². The van der Waals surface area contributed by atoms with E-state index >= 15 is 0 Å². The number of hydrogen-bond donors (Lipinski definition) is 1. The molecule has 0 bridgehead atoms. The van der Waals surface area contributed by atoms with Crippen LogP contribution < -0.4 is 5.32 Å². The van der Waals surface area contributed by atoms with E-state index in [4.69, 9.17) is 0 Å². The molecule has 1 unspecified atom stereocenters. The topological polar surface area (TPSA) is 12.0 Å². The SMILES string of the molecule is CCNC(c1ccc(C)cc1)C(C)C. The maximum Gasteiger partial charge on any atom is 0.0343 e. The Hall–Kier alpha value is -0.820. The van der Waals surface area contributed by atoms with Crippen molar-refractivity contribution in [2.24, 2.45) is 5.92 Å². The Morgan fingerprint density at radius 3 is 2.14 bits per heavy atom. The summed E-state index contributed by atoms with van der Waals surface area (Å²) in [5, 5.41) is 3.52. The highest BCUT2D eigenvalue weighted by Crippen LogP contribution is 2.21. The van der Waals surface area contributed by atoms with E-state index in [0.29, 0.717) is 12.0 Å². The van der Waals surface area contributed by atoms with Gasteiger partial charge in [-0.15, -0.1) is 0 Å². The summed E-state index contributed by atoms with van der Waals surface area (Å²) in [5.41, 5.74) is 2.72. The molecular formula is C13H21N. The molecule has 0 aliphatic carbocycles. The lowest BCUT2D eigenvalue weighted by molar-refractivity contribution is 0.422. The summed E-state index contributed by atoms with van der Waals surface area (Å²) in [4.78, 5) is 0. The van der Waals surface area contributed by atoms with Gasteiger partial charge in [0.15, 0.2) is 0 Å². The van der Waals surface area contributed by atoms with Crippen LogP contribution in [0.2, 0.25) is 0 Å². The third-order valence-electron chi connectivity index (χ3n) is 2.53. The van der Waals surface area contributed by atoms with Crippen molar-refractivity contribution in [3.63, 3.8) is 0 Å². The van der Waals surface area contributed by atoms with Gasteiger partial charge in [0.1, 0.15) is 0 Å². The van der Waals surface area contributed by atoms with E-state index in [1.54, 1.807) is 0 Å². The summed E-state index contributed by atoms with van der Waals surface area (Å²) in [5.74, 6) is 0.637. The van der Waals surface area contributed by atoms with Gasteiger partial charge >= 0.3 is 0 Å². The number of aryl methyl sites for hydroxylation is 1. The van der Waals surface area contributed by atoms with Crippen molar-refractivity contribution in [3.05, 3.63) is 35.4 Å². The van der Waals surface area contributed by atoms with Crippen LogP contribution in [0.5, 0.6) is 0 Å². The zero-order valence-electron chi connectivity index (χ0n) is 9.67. The molecule has 1 rings (SSSR count). The standard InChI is InChI=1S/C13H21N/c1-5-14-13(10(2)3)12-8-6-11(4)7-9-12/h6-10,13-14H,5H2,1-4H3. The van der Waals surface area contributed by atoms with Crippen LogP contribution in [0.4, 0.5) is 0 Å². The summed E-state index contributed by atoms with van der Waals surface area (Å²) in [6.07, 6.45) is 0. The van der Waals surface area contributed by atoms with Crippen LogP contribution >= 0.6 is 0 Å². The predicted molar refractivity (Wildman–Crippen MR) is 62.4 cm³/mol. The van der Waals surface area contributed by atoms with Crippen molar-refractivity contribution in [1.29, 1.82) is 0 Å². The lowest BCUT2D eigenvalue weighted by Crippen LogP contribution is -2.25. The van der Waals surface area contributed by atoms with Crippen LogP contribution in [0.3, 0.4) is 0 Å². The zero-order chi connectivity index (χ0) is 10.6. The van der Waals surface area contributed by atoms with Gasteiger partial charge in [0.05, 0.1) is 0 Å². The summed E-state index contributed by atoms with van der Waals surface area (Å²) in [7, 11) is 0. The molecule has 0 aromatic heterocycles. The molecule has 1 nitrogen and oxygen atoms in total. The van der Waals surface area contributed by atoms with Gasteiger partial charge in [-0.25, -0.2) is 0 Å². The Morgan fingerprint density at radius 2 is 1.71 bits per heavy atom. The van der Waals surface area contributed by atoms with Gasteiger partial charge in [-0.2, -0.15) is 0 Å². The van der Waals surface area contributed by atoms with E-state index in [1.807, 2.05) is 0 Å². The van der Waals surface area contributed by atoms with Crippen molar-refractivity contribution in [1.82, 2.24) is 5.32 Å². The van der Waals surface area contributed by atoms with Crippen molar-refractivity contribution in [2.45, 2.75) is 33.7 Å². The lowest BCUT2D eigenvalue weighted by Gasteiger charge is -2.22. The van der Waals surface area contributed by atoms with Crippen LogP contribution in [0, 0.1) is 12.8 Å². The van der Waals surface area contributed by atoms with Crippen molar-refractivity contribution >= 4 is 0 Å². The zero-order valence-corrected chi connectivity index (χ0v) is 9.67. The maximum atomic E-state index is 3.52. The van der Waals surface area contributed by atoms with Crippen LogP contribution in [0.1, 0.15) is 37.9 Å². The average Bonchev–Trinajstić information content (AvgIpc) is 2.15. The predicted octanol–water partition coefficient (Wildman–Crippen LogP) is 3.30. The first-order valence-corrected chi connectivity index (χ1v) is 5.45. The molecule has 1 N–H and O–H groups in total. The van der Waals surface area contributed by atoms with Gasteiger partial charge < -0.3 is 5.32 Å². The first-order chi connectivity index (χ1) is 6.65. The third-order valence-corrected chi connectivity index (χ3v) is 2.53. The molecule has 1 atom stereocenters. The van der Waals surface area contributed by atoms with Crippen LogP contribution in [-0.2, 0) is 0 Å². The fourth-order valence-corrected chi connectivity index (χ4v) is 1.73. The molecule has 0 spiro atoms. The molecule has 78 valence electrons. The first-order valence-electron chi connectivity index (χ1n) is 5.45. The number of hydrogen-bond acceptors (Lipinski definition) is 1. The Morgan fingerprint density at radius 1 is 1.14 bits per heavy atom. The van der Waals surface area contributed by atoms with E-state index in [1.165, 1.54) is 11.1 Å². The minimum Gasteiger partial charge on any atom is -0.310 e. The van der Waals surface area contributed by atoms with Crippen molar-refractivity contribution in [2.75, 3.05) is 6.54 Å². The summed E-state index contributed by atoms with van der Waals surface area (Å²) in [6.45, 7) is 9.82. The second-order valence-electron chi connectivity index (χ2n) is 4.19. The molecule has 0 radical (unpaired) electrons. The molecular weight excluding hydrogens is 170 g/mol. The molecule has 1 heteroatoms. The quantitative estimate of drug-likeness (QED) is 0.770. The van der Waals surface area contributed by atoms with E-state index < -0.39 is 0 Å². The highest BCUT2D eigenvalue weighted by Gasteiger charge is 2.13. The van der Waals surface area contributed by atoms with Crippen molar-refractivity contribution < 1.29 is 0 Å². The van der Waals surface area contributed by atoms with Gasteiger partial charge in [0.2, 0.25) is 0 Å². The number of rotatable bonds is 4. The minimum atomic E-state index is 0.487. The Labute approximate surface area is 87.5 Å². The molecule has 1 aromatic rings. The normalized spacial score (nSPS) is 13.2. The van der Waals surface area contributed by atoms with E-state index in [9.17, 15) is 0 Å². The average molecular weight is 191 g/mol. The monoisotopic (exact) mass is 191 g/mol. The van der Waals surface area contributed by atoms with Crippen LogP contribution in [0.15, 0.2) is 24.3 Å². The maximum absolute atomic E-state index is 3.52. The van der Waals surface area contributed by atoms with Gasteiger partial charge in [-0.1, -0.05) is 50.6 Å². The fraction of sp³-hybridized carbons (Fsp3) is 0.538. The Bertz CT molecular complexity index is 261.